The summed E-state index contributed by atoms with van der Waals surface area (Å²) in [6.45, 7) is 9.31. The quantitative estimate of drug-likeness (QED) is 0.803. The summed E-state index contributed by atoms with van der Waals surface area (Å²) in [6.07, 6.45) is 6.53. The molecule has 0 unspecified atom stereocenters. The smallest absolute Gasteiger partial charge is 0.331 e. The van der Waals surface area contributed by atoms with E-state index in [0.717, 1.165) is 25.7 Å². The Morgan fingerprint density at radius 3 is 2.64 bits per heavy atom. The number of fused-ring (bicyclic) bond motifs is 2. The number of aromatic amines is 1. The number of aromatic hydroxyl groups is 1. The van der Waals surface area contributed by atoms with Gasteiger partial charge < -0.3 is 5.11 Å². The van der Waals surface area contributed by atoms with Crippen molar-refractivity contribution >= 4 is 6.21 Å². The highest BCUT2D eigenvalue weighted by Crippen LogP contribution is 2.66. The van der Waals surface area contributed by atoms with Gasteiger partial charge in [-0.2, -0.15) is 0 Å². The lowest BCUT2D eigenvalue weighted by atomic mass is 9.69. The molecular formula is C19H29N3O3. The van der Waals surface area contributed by atoms with Crippen LogP contribution in [0.1, 0.15) is 65.4 Å². The van der Waals surface area contributed by atoms with Crippen LogP contribution in [-0.2, 0) is 6.54 Å². The SMILES string of the molecule is CCCCn1c(O)c(C=N[C@@H]2C[C@@H]3CC[C@]2(C)C3(C)C)c(=O)[nH]c1=O. The lowest BCUT2D eigenvalue weighted by Crippen LogP contribution is -2.35. The Balaban J connectivity index is 1.93. The van der Waals surface area contributed by atoms with Crippen LogP contribution in [-0.4, -0.2) is 26.9 Å². The van der Waals surface area contributed by atoms with Crippen LogP contribution in [0.4, 0.5) is 0 Å². The molecular weight excluding hydrogens is 318 g/mol. The minimum atomic E-state index is -0.577. The molecule has 3 rings (SSSR count). The molecule has 2 fully saturated rings. The molecule has 2 bridgehead atoms. The highest BCUT2D eigenvalue weighted by molar-refractivity contribution is 5.82. The molecule has 1 heterocycles. The van der Waals surface area contributed by atoms with E-state index >= 15 is 0 Å². The van der Waals surface area contributed by atoms with Crippen LogP contribution < -0.4 is 11.2 Å². The van der Waals surface area contributed by atoms with Crippen molar-refractivity contribution in [2.24, 2.45) is 21.7 Å². The zero-order valence-corrected chi connectivity index (χ0v) is 15.6. The molecule has 0 spiro atoms. The molecule has 2 saturated carbocycles. The fourth-order valence-corrected chi connectivity index (χ4v) is 4.77. The number of H-pyrrole nitrogens is 1. The fraction of sp³-hybridized carbons (Fsp3) is 0.737. The average Bonchev–Trinajstić information content (AvgIpc) is 2.87. The molecule has 2 aliphatic carbocycles. The summed E-state index contributed by atoms with van der Waals surface area (Å²) in [6, 6.07) is 0.149. The zero-order chi connectivity index (χ0) is 18.4. The second-order valence-electron chi connectivity index (χ2n) is 8.41. The summed E-state index contributed by atoms with van der Waals surface area (Å²) in [5, 5.41) is 10.4. The summed E-state index contributed by atoms with van der Waals surface area (Å²) >= 11 is 0. The van der Waals surface area contributed by atoms with Gasteiger partial charge in [0.05, 0.1) is 6.04 Å². The zero-order valence-electron chi connectivity index (χ0n) is 15.6. The molecule has 0 saturated heterocycles. The first-order valence-corrected chi connectivity index (χ1v) is 9.31. The lowest BCUT2D eigenvalue weighted by molar-refractivity contribution is 0.137. The third-order valence-electron chi connectivity index (χ3n) is 7.07. The van der Waals surface area contributed by atoms with Gasteiger partial charge in [0, 0.05) is 12.8 Å². The Kier molecular flexibility index (Phi) is 4.41. The Morgan fingerprint density at radius 2 is 2.08 bits per heavy atom. The Labute approximate surface area is 148 Å². The second kappa shape index (κ2) is 6.15. The van der Waals surface area contributed by atoms with E-state index in [4.69, 9.17) is 4.99 Å². The number of nitrogens with zero attached hydrogens (tertiary/aromatic N) is 2. The lowest BCUT2D eigenvalue weighted by Gasteiger charge is -2.37. The molecule has 6 nitrogen and oxygen atoms in total. The third-order valence-corrected chi connectivity index (χ3v) is 7.07. The van der Waals surface area contributed by atoms with Crippen LogP contribution in [0.3, 0.4) is 0 Å². The fourth-order valence-electron chi connectivity index (χ4n) is 4.77. The van der Waals surface area contributed by atoms with Crippen LogP contribution in [0.15, 0.2) is 14.6 Å². The molecule has 1 aromatic rings. The number of rotatable bonds is 5. The van der Waals surface area contributed by atoms with Gasteiger partial charge in [0.2, 0.25) is 5.88 Å². The number of nitrogens with one attached hydrogen (secondary N) is 1. The van der Waals surface area contributed by atoms with Gasteiger partial charge in [0.1, 0.15) is 5.56 Å². The van der Waals surface area contributed by atoms with E-state index in [2.05, 4.69) is 25.8 Å². The maximum Gasteiger partial charge on any atom is 0.331 e. The van der Waals surface area contributed by atoms with Crippen molar-refractivity contribution in [3.05, 3.63) is 26.4 Å². The molecule has 25 heavy (non-hydrogen) atoms. The number of aliphatic imine (C=N–C) groups is 1. The van der Waals surface area contributed by atoms with Gasteiger partial charge in [-0.15, -0.1) is 0 Å². The van der Waals surface area contributed by atoms with Crippen molar-refractivity contribution in [2.75, 3.05) is 0 Å². The number of hydrogen-bond donors (Lipinski definition) is 2. The van der Waals surface area contributed by atoms with Crippen LogP contribution in [0, 0.1) is 16.7 Å². The van der Waals surface area contributed by atoms with E-state index in [1.54, 1.807) is 0 Å². The molecule has 2 aliphatic rings. The first kappa shape index (κ1) is 18.0. The van der Waals surface area contributed by atoms with Gasteiger partial charge >= 0.3 is 5.69 Å². The maximum absolute atomic E-state index is 12.1. The molecule has 0 radical (unpaired) electrons. The molecule has 138 valence electrons. The van der Waals surface area contributed by atoms with Crippen molar-refractivity contribution in [3.63, 3.8) is 0 Å². The maximum atomic E-state index is 12.1. The largest absolute Gasteiger partial charge is 0.494 e. The van der Waals surface area contributed by atoms with Crippen molar-refractivity contribution in [2.45, 2.75) is 72.4 Å². The summed E-state index contributed by atoms with van der Waals surface area (Å²) in [5.74, 6) is 0.378. The van der Waals surface area contributed by atoms with Gasteiger partial charge in [-0.25, -0.2) is 4.79 Å². The molecule has 1 aromatic heterocycles. The first-order chi connectivity index (χ1) is 11.7. The van der Waals surface area contributed by atoms with Crippen molar-refractivity contribution in [1.82, 2.24) is 9.55 Å². The summed E-state index contributed by atoms with van der Waals surface area (Å²) < 4.78 is 1.22. The second-order valence-corrected chi connectivity index (χ2v) is 8.41. The predicted molar refractivity (Wildman–Crippen MR) is 98.5 cm³/mol. The van der Waals surface area contributed by atoms with Crippen LogP contribution in [0.25, 0.3) is 0 Å². The standard InChI is InChI=1S/C19H29N3O3/c1-5-6-9-22-16(24)13(15(23)21-17(22)25)11-20-14-10-12-7-8-19(14,4)18(12,2)3/h11-12,14,24H,5-10H2,1-4H3,(H,21,23,25)/t12-,14+,19-/m0/s1. The number of hydrogen-bond acceptors (Lipinski definition) is 4. The Morgan fingerprint density at radius 1 is 1.36 bits per heavy atom. The van der Waals surface area contributed by atoms with Crippen LogP contribution in [0.2, 0.25) is 0 Å². The first-order valence-electron chi connectivity index (χ1n) is 9.31. The van der Waals surface area contributed by atoms with Crippen molar-refractivity contribution < 1.29 is 5.11 Å². The molecule has 0 aromatic carbocycles. The summed E-state index contributed by atoms with van der Waals surface area (Å²) in [7, 11) is 0. The monoisotopic (exact) mass is 347 g/mol. The van der Waals surface area contributed by atoms with Crippen molar-refractivity contribution in [1.29, 1.82) is 0 Å². The van der Waals surface area contributed by atoms with Gasteiger partial charge in [0.15, 0.2) is 0 Å². The predicted octanol–water partition coefficient (Wildman–Crippen LogP) is 2.68. The normalized spacial score (nSPS) is 30.4. The number of unbranched alkanes of at least 4 members (excludes halogenated alkanes) is 1. The van der Waals surface area contributed by atoms with Crippen molar-refractivity contribution in [3.8, 4) is 5.88 Å². The van der Waals surface area contributed by atoms with E-state index in [-0.39, 0.29) is 28.3 Å². The van der Waals surface area contributed by atoms with Crippen LogP contribution >= 0.6 is 0 Å². The minimum Gasteiger partial charge on any atom is -0.494 e. The van der Waals surface area contributed by atoms with E-state index in [9.17, 15) is 14.7 Å². The van der Waals surface area contributed by atoms with E-state index in [0.29, 0.717) is 12.5 Å². The Bertz CT molecular complexity index is 805. The van der Waals surface area contributed by atoms with Gasteiger partial charge in [-0.05, 0) is 42.4 Å². The molecule has 6 heteroatoms. The topological polar surface area (TPSA) is 87.4 Å². The Hall–Kier alpha value is -1.85. The van der Waals surface area contributed by atoms with Gasteiger partial charge in [-0.1, -0.05) is 34.1 Å². The summed E-state index contributed by atoms with van der Waals surface area (Å²) in [5.41, 5.74) is -0.705. The summed E-state index contributed by atoms with van der Waals surface area (Å²) in [4.78, 5) is 31.0. The molecule has 0 amide bonds. The highest BCUT2D eigenvalue weighted by Gasteiger charge is 2.61. The van der Waals surface area contributed by atoms with E-state index < -0.39 is 11.2 Å². The average molecular weight is 347 g/mol. The number of aromatic nitrogens is 2. The minimum absolute atomic E-state index is 0.0832. The van der Waals surface area contributed by atoms with E-state index in [1.165, 1.54) is 17.2 Å². The van der Waals surface area contributed by atoms with Crippen LogP contribution in [0.5, 0.6) is 5.88 Å². The van der Waals surface area contributed by atoms with Gasteiger partial charge in [-0.3, -0.25) is 19.3 Å². The molecule has 0 aliphatic heterocycles. The van der Waals surface area contributed by atoms with Gasteiger partial charge in [0.25, 0.3) is 5.56 Å². The third kappa shape index (κ3) is 2.66. The molecule has 3 atom stereocenters. The highest BCUT2D eigenvalue weighted by atomic mass is 16.3. The molecule has 2 N–H and O–H groups in total. The van der Waals surface area contributed by atoms with E-state index in [1.807, 2.05) is 6.92 Å².